The molecule has 1 aromatic heterocycles. The number of hydrogen-bond acceptors (Lipinski definition) is 3. The van der Waals surface area contributed by atoms with Crippen LogP contribution in [0.4, 0.5) is 10.7 Å². The summed E-state index contributed by atoms with van der Waals surface area (Å²) in [5.74, 6) is -0.0197. The molecule has 0 radical (unpaired) electrons. The minimum atomic E-state index is -0.157. The number of benzene rings is 1. The number of rotatable bonds is 4. The van der Waals surface area contributed by atoms with Crippen LogP contribution in [0.5, 0.6) is 0 Å². The van der Waals surface area contributed by atoms with E-state index in [0.717, 1.165) is 50.5 Å². The Kier molecular flexibility index (Phi) is 5.50. The van der Waals surface area contributed by atoms with Crippen LogP contribution in [0.1, 0.15) is 59.3 Å². The number of halogens is 1. The third kappa shape index (κ3) is 4.04. The third-order valence-electron chi connectivity index (χ3n) is 5.46. The summed E-state index contributed by atoms with van der Waals surface area (Å²) in [6.07, 6.45) is 8.29. The van der Waals surface area contributed by atoms with Gasteiger partial charge in [-0.25, -0.2) is 0 Å². The highest BCUT2D eigenvalue weighted by atomic mass is 35.5. The molecule has 1 saturated carbocycles. The second-order valence-corrected chi connectivity index (χ2v) is 8.89. The Balaban J connectivity index is 1.56. The fourth-order valence-electron chi connectivity index (χ4n) is 4.04. The highest BCUT2D eigenvalue weighted by Crippen LogP contribution is 2.40. The van der Waals surface area contributed by atoms with Crippen molar-refractivity contribution < 1.29 is 9.59 Å². The summed E-state index contributed by atoms with van der Waals surface area (Å²) in [5.41, 5.74) is 2.45. The summed E-state index contributed by atoms with van der Waals surface area (Å²) in [5, 5.41) is 7.37. The molecule has 2 N–H and O–H groups in total. The van der Waals surface area contributed by atoms with Crippen LogP contribution in [-0.4, -0.2) is 11.8 Å². The van der Waals surface area contributed by atoms with Crippen molar-refractivity contribution in [3.63, 3.8) is 0 Å². The van der Waals surface area contributed by atoms with Gasteiger partial charge in [0.25, 0.3) is 5.91 Å². The summed E-state index contributed by atoms with van der Waals surface area (Å²) in [7, 11) is 0. The predicted molar refractivity (Wildman–Crippen MR) is 111 cm³/mol. The van der Waals surface area contributed by atoms with E-state index in [1.165, 1.54) is 11.3 Å². The zero-order valence-corrected chi connectivity index (χ0v) is 16.7. The van der Waals surface area contributed by atoms with Gasteiger partial charge in [0.2, 0.25) is 5.91 Å². The highest BCUT2D eigenvalue weighted by molar-refractivity contribution is 7.17. The van der Waals surface area contributed by atoms with Gasteiger partial charge in [0.05, 0.1) is 5.56 Å². The predicted octanol–water partition coefficient (Wildman–Crippen LogP) is 5.66. The van der Waals surface area contributed by atoms with Gasteiger partial charge in [-0.3, -0.25) is 9.59 Å². The lowest BCUT2D eigenvalue weighted by molar-refractivity contribution is -0.120. The summed E-state index contributed by atoms with van der Waals surface area (Å²) < 4.78 is 0. The number of thiophene rings is 1. The molecule has 0 spiro atoms. The number of fused-ring (bicyclic) bond motifs is 1. The number of carbonyl (C=O) groups excluding carboxylic acids is 2. The Morgan fingerprint density at radius 1 is 0.963 bits per heavy atom. The number of carbonyl (C=O) groups is 2. The first-order valence-electron chi connectivity index (χ1n) is 9.64. The number of aryl methyl sites for hydroxylation is 1. The summed E-state index contributed by atoms with van der Waals surface area (Å²) in [6, 6.07) is 7.07. The standard InChI is InChI=1S/C21H23ClN2O2S/c22-14-9-11-15(12-10-14)23-20(26)18-16-7-4-8-17(16)27-21(18)24-19(25)13-5-2-1-3-6-13/h9-13H,1-8H2,(H,23,26)(H,24,25). The third-order valence-corrected chi connectivity index (χ3v) is 6.92. The normalized spacial score (nSPS) is 16.8. The molecule has 0 aliphatic heterocycles. The summed E-state index contributed by atoms with van der Waals surface area (Å²) >= 11 is 7.49. The first-order valence-corrected chi connectivity index (χ1v) is 10.8. The molecule has 0 unspecified atom stereocenters. The zero-order chi connectivity index (χ0) is 18.8. The molecule has 1 aromatic carbocycles. The van der Waals surface area contributed by atoms with Gasteiger partial charge in [-0.05, 0) is 61.9 Å². The van der Waals surface area contributed by atoms with Crippen molar-refractivity contribution in [2.75, 3.05) is 10.6 Å². The van der Waals surface area contributed by atoms with Gasteiger partial charge in [0.15, 0.2) is 0 Å². The van der Waals surface area contributed by atoms with Crippen molar-refractivity contribution in [1.82, 2.24) is 0 Å². The fourth-order valence-corrected chi connectivity index (χ4v) is 5.45. The van der Waals surface area contributed by atoms with E-state index >= 15 is 0 Å². The van der Waals surface area contributed by atoms with Crippen molar-refractivity contribution in [2.45, 2.75) is 51.4 Å². The molecule has 142 valence electrons. The van der Waals surface area contributed by atoms with Gasteiger partial charge in [-0.1, -0.05) is 30.9 Å². The number of amides is 2. The molecule has 1 heterocycles. The maximum absolute atomic E-state index is 13.0. The van der Waals surface area contributed by atoms with Crippen LogP contribution >= 0.6 is 22.9 Å². The molecule has 0 atom stereocenters. The Morgan fingerprint density at radius 2 is 1.70 bits per heavy atom. The Hall–Kier alpha value is -1.85. The molecule has 2 aliphatic carbocycles. The van der Waals surface area contributed by atoms with Crippen LogP contribution in [-0.2, 0) is 17.6 Å². The SMILES string of the molecule is O=C(Nc1ccc(Cl)cc1)c1c(NC(=O)C2CCCCC2)sc2c1CCC2. The molecule has 6 heteroatoms. The maximum Gasteiger partial charge on any atom is 0.258 e. The monoisotopic (exact) mass is 402 g/mol. The highest BCUT2D eigenvalue weighted by Gasteiger charge is 2.29. The minimum Gasteiger partial charge on any atom is -0.322 e. The van der Waals surface area contributed by atoms with Gasteiger partial charge < -0.3 is 10.6 Å². The van der Waals surface area contributed by atoms with E-state index in [1.807, 2.05) is 0 Å². The first kappa shape index (κ1) is 18.5. The maximum atomic E-state index is 13.0. The van der Waals surface area contributed by atoms with E-state index < -0.39 is 0 Å². The first-order chi connectivity index (χ1) is 13.1. The summed E-state index contributed by atoms with van der Waals surface area (Å²) in [4.78, 5) is 27.0. The van der Waals surface area contributed by atoms with Crippen LogP contribution in [0, 0.1) is 5.92 Å². The van der Waals surface area contributed by atoms with Gasteiger partial charge in [0.1, 0.15) is 5.00 Å². The van der Waals surface area contributed by atoms with E-state index in [4.69, 9.17) is 11.6 Å². The van der Waals surface area contributed by atoms with Gasteiger partial charge in [0, 0.05) is 21.5 Å². The smallest absolute Gasteiger partial charge is 0.258 e. The lowest BCUT2D eigenvalue weighted by Gasteiger charge is -2.20. The lowest BCUT2D eigenvalue weighted by Crippen LogP contribution is -2.25. The second-order valence-electron chi connectivity index (χ2n) is 7.35. The van der Waals surface area contributed by atoms with Crippen LogP contribution in [0.2, 0.25) is 5.02 Å². The molecule has 0 bridgehead atoms. The van der Waals surface area contributed by atoms with Crippen molar-refractivity contribution in [3.05, 3.63) is 45.3 Å². The van der Waals surface area contributed by atoms with Crippen molar-refractivity contribution in [3.8, 4) is 0 Å². The van der Waals surface area contributed by atoms with Gasteiger partial charge in [-0.15, -0.1) is 11.3 Å². The molecular formula is C21H23ClN2O2S. The van der Waals surface area contributed by atoms with E-state index in [0.29, 0.717) is 21.3 Å². The lowest BCUT2D eigenvalue weighted by atomic mass is 9.89. The fraction of sp³-hybridized carbons (Fsp3) is 0.429. The molecule has 2 aromatic rings. The van der Waals surface area contributed by atoms with E-state index in [1.54, 1.807) is 35.6 Å². The Bertz CT molecular complexity index is 854. The van der Waals surface area contributed by atoms with Crippen LogP contribution < -0.4 is 10.6 Å². The zero-order valence-electron chi connectivity index (χ0n) is 15.1. The molecule has 2 amide bonds. The molecule has 1 fully saturated rings. The van der Waals surface area contributed by atoms with E-state index in [-0.39, 0.29) is 17.7 Å². The van der Waals surface area contributed by atoms with E-state index in [9.17, 15) is 9.59 Å². The largest absolute Gasteiger partial charge is 0.322 e. The van der Waals surface area contributed by atoms with Gasteiger partial charge in [-0.2, -0.15) is 0 Å². The Morgan fingerprint density at radius 3 is 2.44 bits per heavy atom. The topological polar surface area (TPSA) is 58.2 Å². The van der Waals surface area contributed by atoms with Crippen molar-refractivity contribution in [2.24, 2.45) is 5.92 Å². The average molecular weight is 403 g/mol. The number of anilines is 2. The van der Waals surface area contributed by atoms with Crippen molar-refractivity contribution in [1.29, 1.82) is 0 Å². The minimum absolute atomic E-state index is 0.0650. The van der Waals surface area contributed by atoms with Crippen LogP contribution in [0.15, 0.2) is 24.3 Å². The van der Waals surface area contributed by atoms with Crippen LogP contribution in [0.3, 0.4) is 0 Å². The molecule has 27 heavy (non-hydrogen) atoms. The van der Waals surface area contributed by atoms with Gasteiger partial charge >= 0.3 is 0 Å². The Labute approximate surface area is 168 Å². The van der Waals surface area contributed by atoms with Crippen LogP contribution in [0.25, 0.3) is 0 Å². The molecule has 2 aliphatic rings. The van der Waals surface area contributed by atoms with E-state index in [2.05, 4.69) is 10.6 Å². The molecule has 4 rings (SSSR count). The number of nitrogens with one attached hydrogen (secondary N) is 2. The molecular weight excluding hydrogens is 380 g/mol. The summed E-state index contributed by atoms with van der Waals surface area (Å²) in [6.45, 7) is 0. The average Bonchev–Trinajstić information content (AvgIpc) is 3.25. The quantitative estimate of drug-likeness (QED) is 0.693. The number of hydrogen-bond donors (Lipinski definition) is 2. The van der Waals surface area contributed by atoms with Crippen molar-refractivity contribution >= 4 is 45.4 Å². The molecule has 4 nitrogen and oxygen atoms in total. The second kappa shape index (κ2) is 8.03. The molecule has 0 saturated heterocycles.